The van der Waals surface area contributed by atoms with E-state index in [0.717, 1.165) is 7.11 Å². The monoisotopic (exact) mass is 296 g/mol. The van der Waals surface area contributed by atoms with Gasteiger partial charge in [-0.15, -0.1) is 0 Å². The van der Waals surface area contributed by atoms with Crippen molar-refractivity contribution in [2.75, 3.05) is 7.11 Å². The van der Waals surface area contributed by atoms with Crippen molar-refractivity contribution in [3.8, 4) is 0 Å². The Hall–Kier alpha value is -0.990. The van der Waals surface area contributed by atoms with E-state index in [1.165, 1.54) is 0 Å². The first-order chi connectivity index (χ1) is 6.06. The van der Waals surface area contributed by atoms with E-state index in [9.17, 15) is 14.4 Å². The Morgan fingerprint density at radius 2 is 2.23 bits per heavy atom. The van der Waals surface area contributed by atoms with Crippen molar-refractivity contribution in [1.82, 2.24) is 5.32 Å². The molecule has 7 heteroatoms. The molecule has 0 aromatic rings. The van der Waals surface area contributed by atoms with Crippen LogP contribution in [0.3, 0.4) is 0 Å². The quantitative estimate of drug-likeness (QED) is 0.407. The van der Waals surface area contributed by atoms with Gasteiger partial charge in [0.25, 0.3) is 0 Å². The Bertz CT molecular complexity index is 312. The van der Waals surface area contributed by atoms with Crippen LogP contribution in [0.2, 0.25) is 0 Å². The maximum Gasteiger partial charge on any atom is 0.354 e. The lowest BCUT2D eigenvalue weighted by Crippen LogP contribution is -2.46. The van der Waals surface area contributed by atoms with Gasteiger partial charge in [-0.3, -0.25) is 10.1 Å². The average Bonchev–Trinajstić information content (AvgIpc) is 2.10. The fourth-order valence-electron chi connectivity index (χ4n) is 0.741. The van der Waals surface area contributed by atoms with Gasteiger partial charge in [-0.05, 0) is 0 Å². The summed E-state index contributed by atoms with van der Waals surface area (Å²) >= 11 is 1.70. The Labute approximate surface area is 86.9 Å². The van der Waals surface area contributed by atoms with Crippen LogP contribution in [0.5, 0.6) is 0 Å². The van der Waals surface area contributed by atoms with Crippen LogP contribution in [0.15, 0.2) is 4.99 Å². The van der Waals surface area contributed by atoms with Crippen LogP contribution in [-0.4, -0.2) is 34.7 Å². The number of ether oxygens (including phenoxy) is 1. The van der Waals surface area contributed by atoms with Crippen LogP contribution in [0.4, 0.5) is 4.79 Å². The largest absolute Gasteiger partial charge is 0.464 e. The summed E-state index contributed by atoms with van der Waals surface area (Å²) in [7, 11) is 1.16. The molecule has 1 aliphatic rings. The van der Waals surface area contributed by atoms with Gasteiger partial charge in [0.1, 0.15) is 3.92 Å². The van der Waals surface area contributed by atoms with Gasteiger partial charge in [-0.25, -0.2) is 9.59 Å². The Morgan fingerprint density at radius 3 is 2.77 bits per heavy atom. The molecule has 0 radical (unpaired) electrons. The first-order valence-corrected chi connectivity index (χ1v) is 4.46. The number of hydrogen-bond acceptors (Lipinski definition) is 4. The number of methoxy groups -OCH3 is 1. The number of nitrogens with one attached hydrogen (secondary N) is 1. The van der Waals surface area contributed by atoms with E-state index in [2.05, 4.69) is 9.73 Å². The minimum absolute atomic E-state index is 0.170. The predicted molar refractivity (Wildman–Crippen MR) is 50.8 cm³/mol. The smallest absolute Gasteiger partial charge is 0.354 e. The molecule has 0 aromatic carbocycles. The third-order valence-corrected chi connectivity index (χ3v) is 2.47. The van der Waals surface area contributed by atoms with E-state index >= 15 is 0 Å². The second-order valence-corrected chi connectivity index (χ2v) is 3.39. The Balaban J connectivity index is 2.99. The highest BCUT2D eigenvalue weighted by Crippen LogP contribution is 2.09. The number of amides is 3. The molecule has 70 valence electrons. The standard InChI is InChI=1S/C6H5IN2O4/c1-13-5(11)3-2(7)4(10)9-6(12)8-3/h2H,1H3,(H,9,10,12). The molecule has 13 heavy (non-hydrogen) atoms. The van der Waals surface area contributed by atoms with Crippen LogP contribution in [0.1, 0.15) is 0 Å². The number of carbonyl (C=O) groups is 3. The highest BCUT2D eigenvalue weighted by atomic mass is 127. The van der Waals surface area contributed by atoms with Crippen molar-refractivity contribution < 1.29 is 19.1 Å². The van der Waals surface area contributed by atoms with E-state index in [1.54, 1.807) is 22.6 Å². The van der Waals surface area contributed by atoms with Crippen molar-refractivity contribution in [1.29, 1.82) is 0 Å². The number of imide groups is 1. The molecule has 0 spiro atoms. The first-order valence-electron chi connectivity index (χ1n) is 3.22. The van der Waals surface area contributed by atoms with Gasteiger partial charge in [-0.2, -0.15) is 4.99 Å². The van der Waals surface area contributed by atoms with Crippen LogP contribution in [0, 0.1) is 0 Å². The van der Waals surface area contributed by atoms with Crippen LogP contribution < -0.4 is 5.32 Å². The summed E-state index contributed by atoms with van der Waals surface area (Å²) in [6.45, 7) is 0. The lowest BCUT2D eigenvalue weighted by Gasteiger charge is -2.14. The van der Waals surface area contributed by atoms with E-state index in [-0.39, 0.29) is 5.71 Å². The summed E-state index contributed by atoms with van der Waals surface area (Å²) in [6.07, 6.45) is 0. The molecule has 0 aliphatic carbocycles. The summed E-state index contributed by atoms with van der Waals surface area (Å²) in [6, 6.07) is -0.835. The zero-order valence-electron chi connectivity index (χ0n) is 6.54. The molecule has 0 saturated carbocycles. The molecule has 1 rings (SSSR count). The number of alkyl halides is 1. The maximum absolute atomic E-state index is 11.0. The van der Waals surface area contributed by atoms with Crippen LogP contribution in [-0.2, 0) is 14.3 Å². The SMILES string of the molecule is COC(=O)C1=NC(=O)NC(=O)C1I. The van der Waals surface area contributed by atoms with Gasteiger partial charge >= 0.3 is 12.0 Å². The molecule has 1 N–H and O–H groups in total. The zero-order valence-corrected chi connectivity index (χ0v) is 8.69. The number of aliphatic imine (C=N–C) groups is 1. The highest BCUT2D eigenvalue weighted by Gasteiger charge is 2.33. The number of rotatable bonds is 1. The summed E-state index contributed by atoms with van der Waals surface area (Å²) in [5.74, 6) is -1.32. The van der Waals surface area contributed by atoms with E-state index in [4.69, 9.17) is 0 Å². The number of esters is 1. The lowest BCUT2D eigenvalue weighted by molar-refractivity contribution is -0.133. The average molecular weight is 296 g/mol. The van der Waals surface area contributed by atoms with Gasteiger partial charge in [-0.1, -0.05) is 22.6 Å². The second-order valence-electron chi connectivity index (χ2n) is 2.15. The van der Waals surface area contributed by atoms with Gasteiger partial charge < -0.3 is 4.74 Å². The molecule has 0 fully saturated rings. The molecule has 1 atom stereocenters. The summed E-state index contributed by atoms with van der Waals surface area (Å²) in [5.41, 5.74) is -0.170. The minimum Gasteiger partial charge on any atom is -0.464 e. The molecular formula is C6H5IN2O4. The van der Waals surface area contributed by atoms with Gasteiger partial charge in [0, 0.05) is 0 Å². The van der Waals surface area contributed by atoms with Crippen molar-refractivity contribution in [3.63, 3.8) is 0 Å². The summed E-state index contributed by atoms with van der Waals surface area (Å²) in [5, 5.41) is 1.96. The molecule has 1 unspecified atom stereocenters. The normalized spacial score (nSPS) is 22.0. The molecule has 1 aliphatic heterocycles. The number of carbonyl (C=O) groups excluding carboxylic acids is 3. The van der Waals surface area contributed by atoms with Crippen LogP contribution in [0.25, 0.3) is 0 Å². The van der Waals surface area contributed by atoms with Crippen molar-refractivity contribution in [3.05, 3.63) is 0 Å². The fraction of sp³-hybridized carbons (Fsp3) is 0.333. The predicted octanol–water partition coefficient (Wildman–Crippen LogP) is -0.346. The summed E-state index contributed by atoms with van der Waals surface area (Å²) in [4.78, 5) is 36.1. The van der Waals surface area contributed by atoms with Gasteiger partial charge in [0.15, 0.2) is 5.71 Å². The summed E-state index contributed by atoms with van der Waals surface area (Å²) < 4.78 is 3.57. The number of urea groups is 1. The molecule has 1 heterocycles. The third kappa shape index (κ3) is 2.02. The molecule has 0 aromatic heterocycles. The van der Waals surface area contributed by atoms with Gasteiger partial charge in [0.2, 0.25) is 5.91 Å². The van der Waals surface area contributed by atoms with E-state index < -0.39 is 21.8 Å². The van der Waals surface area contributed by atoms with Gasteiger partial charge in [0.05, 0.1) is 7.11 Å². The van der Waals surface area contributed by atoms with Crippen molar-refractivity contribution >= 4 is 46.2 Å². The van der Waals surface area contributed by atoms with Crippen molar-refractivity contribution in [2.45, 2.75) is 3.92 Å². The van der Waals surface area contributed by atoms with Crippen molar-refractivity contribution in [2.24, 2.45) is 4.99 Å². The highest BCUT2D eigenvalue weighted by molar-refractivity contribution is 14.1. The Morgan fingerprint density at radius 1 is 1.62 bits per heavy atom. The molecule has 3 amide bonds. The minimum atomic E-state index is -0.835. The van der Waals surface area contributed by atoms with E-state index in [1.807, 2.05) is 5.32 Å². The third-order valence-electron chi connectivity index (χ3n) is 1.32. The number of nitrogens with zero attached hydrogens (tertiary/aromatic N) is 1. The fourth-order valence-corrected chi connectivity index (χ4v) is 1.29. The zero-order chi connectivity index (χ0) is 10.0. The number of halogens is 1. The molecule has 6 nitrogen and oxygen atoms in total. The maximum atomic E-state index is 11.0. The molecule has 0 bridgehead atoms. The first kappa shape index (κ1) is 10.1. The molecular weight excluding hydrogens is 291 g/mol. The van der Waals surface area contributed by atoms with Crippen LogP contribution >= 0.6 is 22.6 Å². The molecule has 0 saturated heterocycles. The lowest BCUT2D eigenvalue weighted by atomic mass is 10.2. The topological polar surface area (TPSA) is 84.8 Å². The number of hydrogen-bond donors (Lipinski definition) is 1. The second kappa shape index (κ2) is 3.81. The van der Waals surface area contributed by atoms with E-state index in [0.29, 0.717) is 0 Å². The Kier molecular flexibility index (Phi) is 2.96.